The zero-order chi connectivity index (χ0) is 12.6. The maximum atomic E-state index is 11.2. The number of nitrogens with one attached hydrogen (secondary N) is 1. The van der Waals surface area contributed by atoms with Crippen LogP contribution < -0.4 is 5.32 Å². The molecule has 2 atom stereocenters. The zero-order valence-corrected chi connectivity index (χ0v) is 10.5. The minimum atomic E-state index is -0.855. The van der Waals surface area contributed by atoms with Gasteiger partial charge in [-0.3, -0.25) is 9.59 Å². The molecule has 0 fully saturated rings. The zero-order valence-electron chi connectivity index (χ0n) is 10.5. The maximum Gasteiger partial charge on any atom is 0.307 e. The topological polar surface area (TPSA) is 66.4 Å². The normalized spacial score (nSPS) is 14.2. The number of rotatable bonds is 8. The highest BCUT2D eigenvalue weighted by Gasteiger charge is 2.28. The Bertz CT molecular complexity index is 228. The van der Waals surface area contributed by atoms with Crippen molar-refractivity contribution in [3.8, 4) is 0 Å². The molecule has 16 heavy (non-hydrogen) atoms. The van der Waals surface area contributed by atoms with E-state index in [1.165, 1.54) is 7.05 Å². The van der Waals surface area contributed by atoms with Gasteiger partial charge in [-0.15, -0.1) is 0 Å². The van der Waals surface area contributed by atoms with E-state index in [-0.39, 0.29) is 18.2 Å². The number of aliphatic carboxylic acids is 1. The van der Waals surface area contributed by atoms with Gasteiger partial charge in [-0.2, -0.15) is 0 Å². The minimum absolute atomic E-state index is 0.0913. The molecule has 0 aromatic rings. The van der Waals surface area contributed by atoms with Crippen LogP contribution in [0.3, 0.4) is 0 Å². The monoisotopic (exact) mass is 229 g/mol. The first-order chi connectivity index (χ1) is 7.56. The van der Waals surface area contributed by atoms with Gasteiger partial charge in [0.1, 0.15) is 0 Å². The summed E-state index contributed by atoms with van der Waals surface area (Å²) in [5, 5.41) is 11.6. The van der Waals surface area contributed by atoms with E-state index in [4.69, 9.17) is 5.11 Å². The van der Waals surface area contributed by atoms with Crippen molar-refractivity contribution >= 4 is 11.9 Å². The van der Waals surface area contributed by atoms with Crippen LogP contribution in [0.4, 0.5) is 0 Å². The Morgan fingerprint density at radius 3 is 2.31 bits per heavy atom. The summed E-state index contributed by atoms with van der Waals surface area (Å²) < 4.78 is 0. The summed E-state index contributed by atoms with van der Waals surface area (Å²) in [7, 11) is 1.54. The number of carbonyl (C=O) groups is 2. The minimum Gasteiger partial charge on any atom is -0.481 e. The molecular formula is C12H23NO3. The highest BCUT2D eigenvalue weighted by atomic mass is 16.4. The molecule has 94 valence electrons. The van der Waals surface area contributed by atoms with Gasteiger partial charge in [0.25, 0.3) is 0 Å². The predicted octanol–water partition coefficient (Wildman–Crippen LogP) is 2.04. The highest BCUT2D eigenvalue weighted by molar-refractivity contribution is 5.82. The first-order valence-electron chi connectivity index (χ1n) is 6.00. The van der Waals surface area contributed by atoms with Crippen LogP contribution in [-0.4, -0.2) is 24.0 Å². The largest absolute Gasteiger partial charge is 0.481 e. The second kappa shape index (κ2) is 8.13. The van der Waals surface area contributed by atoms with Crippen LogP contribution in [0.25, 0.3) is 0 Å². The Kier molecular flexibility index (Phi) is 7.60. The van der Waals surface area contributed by atoms with Gasteiger partial charge in [0.2, 0.25) is 5.91 Å². The molecule has 0 saturated carbocycles. The molecule has 1 amide bonds. The molecule has 0 radical (unpaired) electrons. The molecular weight excluding hydrogens is 206 g/mol. The van der Waals surface area contributed by atoms with Gasteiger partial charge in [0.05, 0.1) is 5.92 Å². The number of hydrogen-bond donors (Lipinski definition) is 2. The lowest BCUT2D eigenvalue weighted by atomic mass is 9.83. The number of carboxylic acids is 1. The second-order valence-corrected chi connectivity index (χ2v) is 4.13. The van der Waals surface area contributed by atoms with Crippen molar-refractivity contribution in [3.63, 3.8) is 0 Å². The SMILES string of the molecule is CCCCC(CC)C(CC(=O)NC)C(=O)O. The second-order valence-electron chi connectivity index (χ2n) is 4.13. The Hall–Kier alpha value is -1.06. The Morgan fingerprint density at radius 2 is 1.94 bits per heavy atom. The molecule has 0 bridgehead atoms. The van der Waals surface area contributed by atoms with Gasteiger partial charge in [0, 0.05) is 13.5 Å². The van der Waals surface area contributed by atoms with Crippen molar-refractivity contribution in [3.05, 3.63) is 0 Å². The molecule has 2 N–H and O–H groups in total. The Morgan fingerprint density at radius 1 is 1.31 bits per heavy atom. The summed E-state index contributed by atoms with van der Waals surface area (Å²) in [6.07, 6.45) is 3.88. The van der Waals surface area contributed by atoms with Crippen molar-refractivity contribution in [2.24, 2.45) is 11.8 Å². The average molecular weight is 229 g/mol. The molecule has 0 saturated heterocycles. The summed E-state index contributed by atoms with van der Waals surface area (Å²) in [6, 6.07) is 0. The molecule has 0 aromatic carbocycles. The lowest BCUT2D eigenvalue weighted by molar-refractivity contribution is -0.146. The molecule has 0 aliphatic rings. The third-order valence-corrected chi connectivity index (χ3v) is 3.02. The van der Waals surface area contributed by atoms with Crippen molar-refractivity contribution in [1.82, 2.24) is 5.32 Å². The summed E-state index contributed by atoms with van der Waals surface area (Å²) >= 11 is 0. The third kappa shape index (κ3) is 5.14. The molecule has 0 aliphatic heterocycles. The smallest absolute Gasteiger partial charge is 0.307 e. The van der Waals surface area contributed by atoms with Crippen LogP contribution in [0, 0.1) is 11.8 Å². The fourth-order valence-corrected chi connectivity index (χ4v) is 1.91. The fraction of sp³-hybridized carbons (Fsp3) is 0.833. The number of carboxylic acid groups (broad SMARTS) is 1. The lowest BCUT2D eigenvalue weighted by Gasteiger charge is -2.21. The van der Waals surface area contributed by atoms with Gasteiger partial charge in [-0.25, -0.2) is 0 Å². The van der Waals surface area contributed by atoms with E-state index in [1.54, 1.807) is 0 Å². The molecule has 0 aliphatic carbocycles. The molecule has 0 rings (SSSR count). The Balaban J connectivity index is 4.46. The highest BCUT2D eigenvalue weighted by Crippen LogP contribution is 2.25. The van der Waals surface area contributed by atoms with E-state index < -0.39 is 11.9 Å². The van der Waals surface area contributed by atoms with E-state index in [1.807, 2.05) is 6.92 Å². The molecule has 0 heterocycles. The van der Waals surface area contributed by atoms with E-state index in [0.29, 0.717) is 0 Å². The lowest BCUT2D eigenvalue weighted by Crippen LogP contribution is -2.30. The molecule has 0 aromatic heterocycles. The van der Waals surface area contributed by atoms with E-state index in [9.17, 15) is 9.59 Å². The first-order valence-corrected chi connectivity index (χ1v) is 6.00. The molecule has 0 spiro atoms. The Labute approximate surface area is 97.4 Å². The van der Waals surface area contributed by atoms with Gasteiger partial charge >= 0.3 is 5.97 Å². The van der Waals surface area contributed by atoms with Gasteiger partial charge in [-0.1, -0.05) is 33.1 Å². The molecule has 2 unspecified atom stereocenters. The molecule has 4 heteroatoms. The van der Waals surface area contributed by atoms with Crippen molar-refractivity contribution in [2.75, 3.05) is 7.05 Å². The number of amides is 1. The third-order valence-electron chi connectivity index (χ3n) is 3.02. The van der Waals surface area contributed by atoms with E-state index in [0.717, 1.165) is 25.7 Å². The average Bonchev–Trinajstić information content (AvgIpc) is 2.27. The summed E-state index contributed by atoms with van der Waals surface area (Å²) in [5.41, 5.74) is 0. The standard InChI is InChI=1S/C12H23NO3/c1-4-6-7-9(5-2)10(12(15)16)8-11(14)13-3/h9-10H,4-8H2,1-3H3,(H,13,14)(H,15,16). The van der Waals surface area contributed by atoms with Crippen LogP contribution in [-0.2, 0) is 9.59 Å². The van der Waals surface area contributed by atoms with Crippen LogP contribution in [0.15, 0.2) is 0 Å². The van der Waals surface area contributed by atoms with Gasteiger partial charge in [-0.05, 0) is 12.3 Å². The fourth-order valence-electron chi connectivity index (χ4n) is 1.91. The van der Waals surface area contributed by atoms with Crippen LogP contribution in [0.1, 0.15) is 46.0 Å². The quantitative estimate of drug-likeness (QED) is 0.669. The predicted molar refractivity (Wildman–Crippen MR) is 63.1 cm³/mol. The van der Waals surface area contributed by atoms with Gasteiger partial charge < -0.3 is 10.4 Å². The maximum absolute atomic E-state index is 11.2. The summed E-state index contributed by atoms with van der Waals surface area (Å²) in [4.78, 5) is 22.4. The van der Waals surface area contributed by atoms with Crippen LogP contribution in [0.5, 0.6) is 0 Å². The number of hydrogen-bond acceptors (Lipinski definition) is 2. The van der Waals surface area contributed by atoms with Crippen LogP contribution in [0.2, 0.25) is 0 Å². The summed E-state index contributed by atoms with van der Waals surface area (Å²) in [5.74, 6) is -1.49. The number of unbranched alkanes of at least 4 members (excludes halogenated alkanes) is 1. The van der Waals surface area contributed by atoms with Gasteiger partial charge in [0.15, 0.2) is 0 Å². The summed E-state index contributed by atoms with van der Waals surface area (Å²) in [6.45, 7) is 4.07. The van der Waals surface area contributed by atoms with Crippen molar-refractivity contribution in [2.45, 2.75) is 46.0 Å². The van der Waals surface area contributed by atoms with Crippen molar-refractivity contribution < 1.29 is 14.7 Å². The van der Waals surface area contributed by atoms with E-state index in [2.05, 4.69) is 12.2 Å². The van der Waals surface area contributed by atoms with E-state index >= 15 is 0 Å². The molecule has 4 nitrogen and oxygen atoms in total. The van der Waals surface area contributed by atoms with Crippen LogP contribution >= 0.6 is 0 Å². The first kappa shape index (κ1) is 14.9. The number of carbonyl (C=O) groups excluding carboxylic acids is 1. The van der Waals surface area contributed by atoms with Crippen molar-refractivity contribution in [1.29, 1.82) is 0 Å².